The highest BCUT2D eigenvalue weighted by molar-refractivity contribution is 6.01. The number of aliphatic imine (C=N–C) groups is 1. The Morgan fingerprint density at radius 1 is 1.26 bits per heavy atom. The minimum Gasteiger partial charge on any atom is -0.371 e. The third kappa shape index (κ3) is 6.11. The van der Waals surface area contributed by atoms with Gasteiger partial charge in [0.25, 0.3) is 5.91 Å². The average molecular weight is 547 g/mol. The molecule has 1 aliphatic heterocycles. The number of aromatic nitrogens is 5. The van der Waals surface area contributed by atoms with Gasteiger partial charge in [-0.3, -0.25) is 14.6 Å². The summed E-state index contributed by atoms with van der Waals surface area (Å²) >= 11 is 0. The number of alkyl halides is 3. The van der Waals surface area contributed by atoms with E-state index in [0.717, 1.165) is 6.07 Å². The summed E-state index contributed by atoms with van der Waals surface area (Å²) < 4.78 is 41.3. The lowest BCUT2D eigenvalue weighted by atomic mass is 10.1. The van der Waals surface area contributed by atoms with Crippen LogP contribution in [0, 0.1) is 6.92 Å². The molecule has 0 aromatic carbocycles. The van der Waals surface area contributed by atoms with Gasteiger partial charge in [-0.25, -0.2) is 30.3 Å². The van der Waals surface area contributed by atoms with E-state index in [-0.39, 0.29) is 47.2 Å². The van der Waals surface area contributed by atoms with E-state index in [0.29, 0.717) is 5.84 Å². The Balaban J connectivity index is 1.51. The largest absolute Gasteiger partial charge is 0.418 e. The fourth-order valence-corrected chi connectivity index (χ4v) is 3.68. The monoisotopic (exact) mass is 546 g/mol. The van der Waals surface area contributed by atoms with Crippen LogP contribution in [-0.4, -0.2) is 62.0 Å². The molecular weight excluding hydrogens is 521 g/mol. The van der Waals surface area contributed by atoms with E-state index in [4.69, 9.17) is 4.84 Å². The van der Waals surface area contributed by atoms with Gasteiger partial charge in [0.2, 0.25) is 5.91 Å². The number of amidine groups is 1. The number of amides is 2. The number of imidazole rings is 1. The predicted molar refractivity (Wildman–Crippen MR) is 134 cm³/mol. The van der Waals surface area contributed by atoms with Crippen molar-refractivity contribution in [1.29, 1.82) is 0 Å². The minimum absolute atomic E-state index is 0.0328. The number of carbonyl (C=O) groups is 2. The summed E-state index contributed by atoms with van der Waals surface area (Å²) in [5.41, 5.74) is 1.65. The van der Waals surface area contributed by atoms with Crippen molar-refractivity contribution >= 4 is 29.3 Å². The highest BCUT2D eigenvalue weighted by Crippen LogP contribution is 2.33. The van der Waals surface area contributed by atoms with Gasteiger partial charge < -0.3 is 20.5 Å². The van der Waals surface area contributed by atoms with Crippen molar-refractivity contribution in [2.24, 2.45) is 4.99 Å². The standard InChI is InChI=1S/C23H25F3N10O3/c1-11-15(23(24,25)26)7-14(8-29-11)19-28-6-5-16(33-19)34-21(37)12(2)36-10-31-20(27-4)18(36)22(38)30-9-17-32-13(3)39-35-17/h5-8,10,12-13,27H,9H2,1-4H3,(H,30,38)(H,32,35)(H,28,33,34,37)/t12-,13?/m0/s1. The van der Waals surface area contributed by atoms with Crippen molar-refractivity contribution in [3.63, 3.8) is 0 Å². The smallest absolute Gasteiger partial charge is 0.371 e. The molecule has 2 atom stereocenters. The topological polar surface area (TPSA) is 160 Å². The van der Waals surface area contributed by atoms with E-state index >= 15 is 0 Å². The van der Waals surface area contributed by atoms with Crippen LogP contribution < -0.4 is 21.4 Å². The van der Waals surface area contributed by atoms with Crippen LogP contribution in [0.3, 0.4) is 0 Å². The van der Waals surface area contributed by atoms with Gasteiger partial charge >= 0.3 is 6.18 Å². The Kier molecular flexibility index (Phi) is 7.75. The van der Waals surface area contributed by atoms with Crippen LogP contribution >= 0.6 is 0 Å². The number of rotatable bonds is 8. The van der Waals surface area contributed by atoms with Gasteiger partial charge in [0.15, 0.2) is 23.6 Å². The van der Waals surface area contributed by atoms with E-state index in [9.17, 15) is 22.8 Å². The number of hydrogen-bond acceptors (Lipinski definition) is 10. The first kappa shape index (κ1) is 27.4. The minimum atomic E-state index is -4.59. The second-order valence-corrected chi connectivity index (χ2v) is 8.46. The second-order valence-electron chi connectivity index (χ2n) is 8.46. The van der Waals surface area contributed by atoms with Crippen LogP contribution in [0.1, 0.15) is 41.6 Å². The predicted octanol–water partition coefficient (Wildman–Crippen LogP) is 2.31. The molecule has 4 rings (SSSR count). The molecule has 3 aromatic heterocycles. The summed E-state index contributed by atoms with van der Waals surface area (Å²) in [6, 6.07) is 1.36. The number of nitrogens with zero attached hydrogens (tertiary/aromatic N) is 6. The number of aryl methyl sites for hydroxylation is 1. The quantitative estimate of drug-likeness (QED) is 0.332. The molecule has 39 heavy (non-hydrogen) atoms. The number of hydroxylamine groups is 1. The molecule has 3 aromatic rings. The number of pyridine rings is 1. The van der Waals surface area contributed by atoms with Crippen molar-refractivity contribution in [1.82, 2.24) is 35.3 Å². The van der Waals surface area contributed by atoms with Crippen molar-refractivity contribution < 1.29 is 27.6 Å². The zero-order valence-corrected chi connectivity index (χ0v) is 21.3. The molecule has 16 heteroatoms. The molecule has 4 heterocycles. The molecular formula is C23H25F3N10O3. The third-order valence-electron chi connectivity index (χ3n) is 5.70. The van der Waals surface area contributed by atoms with Crippen molar-refractivity contribution in [3.8, 4) is 11.4 Å². The van der Waals surface area contributed by atoms with Crippen LogP contribution in [-0.2, 0) is 15.8 Å². The highest BCUT2D eigenvalue weighted by Gasteiger charge is 2.33. The lowest BCUT2D eigenvalue weighted by Crippen LogP contribution is -2.36. The molecule has 0 bridgehead atoms. The number of nitrogens with one attached hydrogen (secondary N) is 4. The molecule has 0 radical (unpaired) electrons. The molecule has 4 N–H and O–H groups in total. The zero-order chi connectivity index (χ0) is 28.3. The second kappa shape index (κ2) is 11.0. The van der Waals surface area contributed by atoms with Crippen molar-refractivity contribution in [2.75, 3.05) is 24.2 Å². The summed E-state index contributed by atoms with van der Waals surface area (Å²) in [6.07, 6.45) is -1.11. The first-order valence-corrected chi connectivity index (χ1v) is 11.7. The van der Waals surface area contributed by atoms with E-state index in [2.05, 4.69) is 46.4 Å². The number of anilines is 2. The van der Waals surface area contributed by atoms with Gasteiger partial charge in [-0.1, -0.05) is 0 Å². The number of hydrogen-bond donors (Lipinski definition) is 4. The molecule has 0 fully saturated rings. The molecule has 2 amide bonds. The van der Waals surface area contributed by atoms with Gasteiger partial charge in [-0.05, 0) is 32.9 Å². The fraction of sp³-hybridized carbons (Fsp3) is 0.348. The van der Waals surface area contributed by atoms with Gasteiger partial charge in [-0.2, -0.15) is 13.2 Å². The lowest BCUT2D eigenvalue weighted by molar-refractivity contribution is -0.138. The summed E-state index contributed by atoms with van der Waals surface area (Å²) in [5, 5.41) is 8.12. The molecule has 13 nitrogen and oxygen atoms in total. The Hall–Kier alpha value is -4.60. The maximum absolute atomic E-state index is 13.3. The van der Waals surface area contributed by atoms with Crippen LogP contribution in [0.4, 0.5) is 24.8 Å². The summed E-state index contributed by atoms with van der Waals surface area (Å²) in [5.74, 6) is -0.405. The molecule has 0 spiro atoms. The van der Waals surface area contributed by atoms with Gasteiger partial charge in [-0.15, -0.1) is 0 Å². The molecule has 1 aliphatic rings. The summed E-state index contributed by atoms with van der Waals surface area (Å²) in [7, 11) is 1.58. The Labute approximate surface area is 220 Å². The average Bonchev–Trinajstić information content (AvgIpc) is 3.52. The SMILES string of the molecule is CNc1ncn([C@@H](C)C(=O)Nc2ccnc(-c3cnc(C)c(C(F)(F)F)c3)n2)c1C(=O)NCC1=NC(C)ON1. The van der Waals surface area contributed by atoms with Crippen LogP contribution in [0.15, 0.2) is 35.8 Å². The molecule has 1 unspecified atom stereocenters. The van der Waals surface area contributed by atoms with Crippen molar-refractivity contribution in [2.45, 2.75) is 39.2 Å². The third-order valence-corrected chi connectivity index (χ3v) is 5.70. The summed E-state index contributed by atoms with van der Waals surface area (Å²) in [6.45, 7) is 4.59. The first-order valence-electron chi connectivity index (χ1n) is 11.7. The highest BCUT2D eigenvalue weighted by atomic mass is 19.4. The summed E-state index contributed by atoms with van der Waals surface area (Å²) in [4.78, 5) is 51.5. The normalized spacial score (nSPS) is 15.8. The molecule has 0 aliphatic carbocycles. The molecule has 0 saturated heterocycles. The Bertz CT molecular complexity index is 1420. The molecule has 206 valence electrons. The Morgan fingerprint density at radius 2 is 2.03 bits per heavy atom. The van der Waals surface area contributed by atoms with Crippen LogP contribution in [0.2, 0.25) is 0 Å². The Morgan fingerprint density at radius 3 is 2.69 bits per heavy atom. The first-order chi connectivity index (χ1) is 18.5. The van der Waals surface area contributed by atoms with E-state index < -0.39 is 29.6 Å². The van der Waals surface area contributed by atoms with E-state index in [1.807, 2.05) is 0 Å². The van der Waals surface area contributed by atoms with Gasteiger partial charge in [0.05, 0.1) is 18.4 Å². The van der Waals surface area contributed by atoms with E-state index in [1.165, 1.54) is 36.3 Å². The van der Waals surface area contributed by atoms with Crippen LogP contribution in [0.25, 0.3) is 11.4 Å². The number of halogens is 3. The number of carbonyl (C=O) groups excluding carboxylic acids is 2. The lowest BCUT2D eigenvalue weighted by Gasteiger charge is -2.17. The maximum atomic E-state index is 13.3. The maximum Gasteiger partial charge on any atom is 0.418 e. The zero-order valence-electron chi connectivity index (χ0n) is 21.3. The fourth-order valence-electron chi connectivity index (χ4n) is 3.68. The van der Waals surface area contributed by atoms with Crippen LogP contribution in [0.5, 0.6) is 0 Å². The molecule has 0 saturated carbocycles. The van der Waals surface area contributed by atoms with Gasteiger partial charge in [0, 0.05) is 30.7 Å². The van der Waals surface area contributed by atoms with E-state index in [1.54, 1.807) is 20.9 Å². The van der Waals surface area contributed by atoms with Gasteiger partial charge in [0.1, 0.15) is 17.7 Å². The van der Waals surface area contributed by atoms with Crippen molar-refractivity contribution in [3.05, 3.63) is 47.8 Å².